The molecule has 1 atom stereocenters. The van der Waals surface area contributed by atoms with Gasteiger partial charge in [0.15, 0.2) is 0 Å². The highest BCUT2D eigenvalue weighted by Crippen LogP contribution is 2.22. The molecule has 0 aliphatic rings. The summed E-state index contributed by atoms with van der Waals surface area (Å²) in [5.74, 6) is 0. The summed E-state index contributed by atoms with van der Waals surface area (Å²) in [6.07, 6.45) is 0.848. The highest BCUT2D eigenvalue weighted by atomic mass is 79.9. The van der Waals surface area contributed by atoms with Crippen molar-refractivity contribution in [2.45, 2.75) is 19.0 Å². The zero-order chi connectivity index (χ0) is 12.8. The van der Waals surface area contributed by atoms with Gasteiger partial charge in [-0.15, -0.1) is 11.3 Å². The van der Waals surface area contributed by atoms with Crippen molar-refractivity contribution < 1.29 is 5.11 Å². The van der Waals surface area contributed by atoms with Gasteiger partial charge in [0.2, 0.25) is 0 Å². The van der Waals surface area contributed by atoms with Gasteiger partial charge in [-0.25, -0.2) is 0 Å². The molecule has 2 N–H and O–H groups in total. The molecule has 2 nitrogen and oxygen atoms in total. The van der Waals surface area contributed by atoms with Crippen molar-refractivity contribution in [1.29, 1.82) is 0 Å². The standard InChI is InChI=1S/C14H16BrNOS/c15-13-6-7-18-14(13)9-16-12(10-17)8-11-4-2-1-3-5-11/h1-7,12,16-17H,8-10H2. The smallest absolute Gasteiger partial charge is 0.0587 e. The van der Waals surface area contributed by atoms with E-state index in [1.165, 1.54) is 10.4 Å². The minimum Gasteiger partial charge on any atom is -0.395 e. The van der Waals surface area contributed by atoms with Crippen LogP contribution in [0.15, 0.2) is 46.3 Å². The fourth-order valence-electron chi connectivity index (χ4n) is 1.79. The fourth-order valence-corrected chi connectivity index (χ4v) is 3.23. The normalized spacial score (nSPS) is 12.6. The number of benzene rings is 1. The van der Waals surface area contributed by atoms with Crippen molar-refractivity contribution in [2.75, 3.05) is 6.61 Å². The van der Waals surface area contributed by atoms with Crippen LogP contribution in [0.4, 0.5) is 0 Å². The summed E-state index contributed by atoms with van der Waals surface area (Å²) in [5, 5.41) is 14.9. The Kier molecular flexibility index (Phi) is 5.38. The predicted molar refractivity (Wildman–Crippen MR) is 79.9 cm³/mol. The molecule has 18 heavy (non-hydrogen) atoms. The molecule has 0 radical (unpaired) electrons. The third kappa shape index (κ3) is 3.92. The Morgan fingerprint density at radius 3 is 2.61 bits per heavy atom. The van der Waals surface area contributed by atoms with Gasteiger partial charge in [-0.1, -0.05) is 30.3 Å². The topological polar surface area (TPSA) is 32.3 Å². The summed E-state index contributed by atoms with van der Waals surface area (Å²) < 4.78 is 1.14. The zero-order valence-corrected chi connectivity index (χ0v) is 12.4. The van der Waals surface area contributed by atoms with Crippen molar-refractivity contribution in [3.05, 3.63) is 56.7 Å². The van der Waals surface area contributed by atoms with E-state index >= 15 is 0 Å². The molecule has 1 unspecified atom stereocenters. The first kappa shape index (κ1) is 13.7. The first-order valence-corrected chi connectivity index (χ1v) is 7.57. The van der Waals surface area contributed by atoms with Gasteiger partial charge in [-0.2, -0.15) is 0 Å². The molecule has 2 rings (SSSR count). The molecule has 4 heteroatoms. The minimum absolute atomic E-state index is 0.0985. The molecule has 0 spiro atoms. The highest BCUT2D eigenvalue weighted by Gasteiger charge is 2.09. The van der Waals surface area contributed by atoms with E-state index in [2.05, 4.69) is 38.8 Å². The fraction of sp³-hybridized carbons (Fsp3) is 0.286. The maximum Gasteiger partial charge on any atom is 0.0587 e. The maximum absolute atomic E-state index is 9.41. The summed E-state index contributed by atoms with van der Waals surface area (Å²) in [6, 6.07) is 12.4. The van der Waals surface area contributed by atoms with E-state index < -0.39 is 0 Å². The van der Waals surface area contributed by atoms with Crippen molar-refractivity contribution >= 4 is 27.3 Å². The second kappa shape index (κ2) is 7.04. The molecular weight excluding hydrogens is 310 g/mol. The molecule has 1 aromatic heterocycles. The number of hydrogen-bond donors (Lipinski definition) is 2. The van der Waals surface area contributed by atoms with E-state index in [4.69, 9.17) is 0 Å². The second-order valence-electron chi connectivity index (χ2n) is 4.14. The Morgan fingerprint density at radius 1 is 1.22 bits per heavy atom. The summed E-state index contributed by atoms with van der Waals surface area (Å²) in [7, 11) is 0. The first-order chi connectivity index (χ1) is 8.79. The minimum atomic E-state index is 0.0985. The van der Waals surface area contributed by atoms with Gasteiger partial charge in [0.25, 0.3) is 0 Å². The van der Waals surface area contributed by atoms with Crippen molar-refractivity contribution in [2.24, 2.45) is 0 Å². The summed E-state index contributed by atoms with van der Waals surface area (Å²) >= 11 is 5.23. The molecule has 96 valence electrons. The number of aliphatic hydroxyl groups excluding tert-OH is 1. The van der Waals surface area contributed by atoms with Crippen molar-refractivity contribution in [3.8, 4) is 0 Å². The van der Waals surface area contributed by atoms with Crippen LogP contribution in [0, 0.1) is 0 Å². The van der Waals surface area contributed by atoms with Crippen LogP contribution in [-0.4, -0.2) is 17.8 Å². The lowest BCUT2D eigenvalue weighted by Gasteiger charge is -2.16. The van der Waals surface area contributed by atoms with E-state index in [1.54, 1.807) is 11.3 Å². The van der Waals surface area contributed by atoms with Gasteiger partial charge in [0.1, 0.15) is 0 Å². The molecule has 0 saturated carbocycles. The number of halogens is 1. The SMILES string of the molecule is OCC(Cc1ccccc1)NCc1sccc1Br. The summed E-state index contributed by atoms with van der Waals surface area (Å²) in [4.78, 5) is 1.27. The van der Waals surface area contributed by atoms with Crippen molar-refractivity contribution in [1.82, 2.24) is 5.32 Å². The molecule has 0 saturated heterocycles. The third-order valence-electron chi connectivity index (χ3n) is 2.79. The molecule has 0 aliphatic heterocycles. The maximum atomic E-state index is 9.41. The first-order valence-electron chi connectivity index (χ1n) is 5.89. The molecule has 1 heterocycles. The van der Waals surface area contributed by atoms with Gasteiger partial charge in [-0.3, -0.25) is 0 Å². The second-order valence-corrected chi connectivity index (χ2v) is 6.00. The number of thiophene rings is 1. The largest absolute Gasteiger partial charge is 0.395 e. The van der Waals surface area contributed by atoms with E-state index in [0.717, 1.165) is 17.4 Å². The number of nitrogens with one attached hydrogen (secondary N) is 1. The molecule has 2 aromatic rings. The molecule has 0 fully saturated rings. The van der Waals surface area contributed by atoms with Crippen LogP contribution in [0.3, 0.4) is 0 Å². The van der Waals surface area contributed by atoms with E-state index in [9.17, 15) is 5.11 Å². The van der Waals surface area contributed by atoms with Crippen LogP contribution >= 0.6 is 27.3 Å². The van der Waals surface area contributed by atoms with Crippen LogP contribution in [0.25, 0.3) is 0 Å². The lowest BCUT2D eigenvalue weighted by Crippen LogP contribution is -2.33. The monoisotopic (exact) mass is 325 g/mol. The zero-order valence-electron chi connectivity index (χ0n) is 9.97. The Balaban J connectivity index is 1.88. The average molecular weight is 326 g/mol. The van der Waals surface area contributed by atoms with Crippen LogP contribution in [0.2, 0.25) is 0 Å². The molecule has 1 aromatic carbocycles. The number of aliphatic hydroxyl groups is 1. The summed E-state index contributed by atoms with van der Waals surface area (Å²) in [5.41, 5.74) is 1.24. The molecule has 0 amide bonds. The average Bonchev–Trinajstić information content (AvgIpc) is 2.81. The van der Waals surface area contributed by atoms with Crippen LogP contribution in [-0.2, 0) is 13.0 Å². The van der Waals surface area contributed by atoms with E-state index in [-0.39, 0.29) is 12.6 Å². The number of hydrogen-bond acceptors (Lipinski definition) is 3. The molecular formula is C14H16BrNOS. The Hall–Kier alpha value is -0.680. The van der Waals surface area contributed by atoms with Gasteiger partial charge < -0.3 is 10.4 Å². The quantitative estimate of drug-likeness (QED) is 0.854. The highest BCUT2D eigenvalue weighted by molar-refractivity contribution is 9.10. The third-order valence-corrected chi connectivity index (χ3v) is 4.71. The Labute approximate surface area is 120 Å². The molecule has 0 bridgehead atoms. The molecule has 0 aliphatic carbocycles. The van der Waals surface area contributed by atoms with E-state index in [1.807, 2.05) is 24.3 Å². The van der Waals surface area contributed by atoms with E-state index in [0.29, 0.717) is 0 Å². The predicted octanol–water partition coefficient (Wildman–Crippen LogP) is 3.20. The lowest BCUT2D eigenvalue weighted by molar-refractivity contribution is 0.241. The lowest BCUT2D eigenvalue weighted by atomic mass is 10.1. The number of rotatable bonds is 6. The van der Waals surface area contributed by atoms with Gasteiger partial charge in [0, 0.05) is 21.9 Å². The summed E-state index contributed by atoms with van der Waals surface area (Å²) in [6.45, 7) is 0.939. The van der Waals surface area contributed by atoms with Gasteiger partial charge in [0.05, 0.1) is 6.61 Å². The van der Waals surface area contributed by atoms with Gasteiger partial charge >= 0.3 is 0 Å². The Morgan fingerprint density at radius 2 is 2.00 bits per heavy atom. The Bertz CT molecular complexity index is 472. The van der Waals surface area contributed by atoms with Crippen LogP contribution < -0.4 is 5.32 Å². The van der Waals surface area contributed by atoms with Crippen LogP contribution in [0.1, 0.15) is 10.4 Å². The van der Waals surface area contributed by atoms with Crippen molar-refractivity contribution in [3.63, 3.8) is 0 Å². The van der Waals surface area contributed by atoms with Gasteiger partial charge in [-0.05, 0) is 39.4 Å². The van der Waals surface area contributed by atoms with Crippen LogP contribution in [0.5, 0.6) is 0 Å².